The number of carbonyl (C=O) groups excluding carboxylic acids is 2. The molecule has 2 aromatic rings. The van der Waals surface area contributed by atoms with Gasteiger partial charge in [0.2, 0.25) is 11.8 Å². The Bertz CT molecular complexity index is 820. The van der Waals surface area contributed by atoms with E-state index < -0.39 is 6.04 Å². The minimum absolute atomic E-state index is 0.147. The maximum Gasteiger partial charge on any atom is 0.242 e. The molecular formula is C22H26Cl2N2O3. The number of hydrogen-bond acceptors (Lipinski definition) is 3. The molecule has 0 fully saturated rings. The maximum absolute atomic E-state index is 13.1. The molecule has 0 saturated heterocycles. The van der Waals surface area contributed by atoms with E-state index in [2.05, 4.69) is 5.32 Å². The minimum Gasteiger partial charge on any atom is -0.497 e. The van der Waals surface area contributed by atoms with Crippen molar-refractivity contribution < 1.29 is 14.3 Å². The number of nitrogens with zero attached hydrogens (tertiary/aromatic N) is 1. The van der Waals surface area contributed by atoms with E-state index >= 15 is 0 Å². The van der Waals surface area contributed by atoms with Crippen LogP contribution in [0.2, 0.25) is 10.0 Å². The fourth-order valence-electron chi connectivity index (χ4n) is 2.85. The smallest absolute Gasteiger partial charge is 0.242 e. The van der Waals surface area contributed by atoms with Crippen molar-refractivity contribution in [3.05, 3.63) is 63.6 Å². The Kier molecular flexibility index (Phi) is 8.80. The van der Waals surface area contributed by atoms with Crippen molar-refractivity contribution in [2.75, 3.05) is 13.7 Å². The highest BCUT2D eigenvalue weighted by Crippen LogP contribution is 2.27. The lowest BCUT2D eigenvalue weighted by Gasteiger charge is -2.29. The molecule has 0 aliphatic rings. The zero-order valence-corrected chi connectivity index (χ0v) is 18.4. The van der Waals surface area contributed by atoms with E-state index in [-0.39, 0.29) is 24.8 Å². The first-order chi connectivity index (χ1) is 13.9. The Morgan fingerprint density at radius 3 is 2.28 bits per heavy atom. The SMILES string of the molecule is CCCNC(=O)C(C)N(Cc1c(Cl)cccc1Cl)C(=O)Cc1ccc(OC)cc1. The van der Waals surface area contributed by atoms with Crippen LogP contribution in [0.15, 0.2) is 42.5 Å². The third kappa shape index (κ3) is 6.38. The highest BCUT2D eigenvalue weighted by molar-refractivity contribution is 6.36. The topological polar surface area (TPSA) is 58.6 Å². The monoisotopic (exact) mass is 436 g/mol. The lowest BCUT2D eigenvalue weighted by molar-refractivity contribution is -0.140. The summed E-state index contributed by atoms with van der Waals surface area (Å²) in [6, 6.07) is 11.8. The molecule has 0 heterocycles. The minimum atomic E-state index is -0.667. The van der Waals surface area contributed by atoms with Crippen molar-refractivity contribution in [2.24, 2.45) is 0 Å². The van der Waals surface area contributed by atoms with Gasteiger partial charge < -0.3 is 15.0 Å². The average Bonchev–Trinajstić information content (AvgIpc) is 2.71. The Labute approximate surface area is 181 Å². The van der Waals surface area contributed by atoms with Crippen LogP contribution < -0.4 is 10.1 Å². The van der Waals surface area contributed by atoms with Gasteiger partial charge in [0.1, 0.15) is 11.8 Å². The van der Waals surface area contributed by atoms with Crippen LogP contribution in [-0.2, 0) is 22.6 Å². The summed E-state index contributed by atoms with van der Waals surface area (Å²) in [6.45, 7) is 4.38. The first-order valence-corrected chi connectivity index (χ1v) is 10.3. The molecule has 29 heavy (non-hydrogen) atoms. The summed E-state index contributed by atoms with van der Waals surface area (Å²) in [5.74, 6) is 0.316. The van der Waals surface area contributed by atoms with Crippen LogP contribution >= 0.6 is 23.2 Å². The molecule has 0 radical (unpaired) electrons. The summed E-state index contributed by atoms with van der Waals surface area (Å²) >= 11 is 12.6. The fourth-order valence-corrected chi connectivity index (χ4v) is 3.37. The van der Waals surface area contributed by atoms with Crippen molar-refractivity contribution in [3.8, 4) is 5.75 Å². The number of hydrogen-bond donors (Lipinski definition) is 1. The summed E-state index contributed by atoms with van der Waals surface area (Å²) in [5.41, 5.74) is 1.45. The second kappa shape index (κ2) is 11.1. The molecule has 1 unspecified atom stereocenters. The molecule has 7 heteroatoms. The number of ether oxygens (including phenoxy) is 1. The first-order valence-electron chi connectivity index (χ1n) is 9.50. The standard InChI is InChI=1S/C22H26Cl2N2O3/c1-4-12-25-22(28)15(2)26(14-18-19(23)6-5-7-20(18)24)21(27)13-16-8-10-17(29-3)11-9-16/h5-11,15H,4,12-14H2,1-3H3,(H,25,28). The van der Waals surface area contributed by atoms with Crippen molar-refractivity contribution in [1.29, 1.82) is 0 Å². The van der Waals surface area contributed by atoms with Crippen LogP contribution in [0.3, 0.4) is 0 Å². The van der Waals surface area contributed by atoms with E-state index in [1.54, 1.807) is 44.4 Å². The van der Waals surface area contributed by atoms with Gasteiger partial charge in [0.25, 0.3) is 0 Å². The number of carbonyl (C=O) groups is 2. The van der Waals surface area contributed by atoms with Gasteiger partial charge in [0, 0.05) is 28.7 Å². The fraction of sp³-hybridized carbons (Fsp3) is 0.364. The first kappa shape index (κ1) is 23.0. The van der Waals surface area contributed by atoms with Crippen LogP contribution in [0.25, 0.3) is 0 Å². The van der Waals surface area contributed by atoms with Crippen LogP contribution in [0, 0.1) is 0 Å². The molecule has 0 saturated carbocycles. The number of nitrogens with one attached hydrogen (secondary N) is 1. The molecule has 2 rings (SSSR count). The molecule has 0 spiro atoms. The van der Waals surface area contributed by atoms with E-state index in [9.17, 15) is 9.59 Å². The van der Waals surface area contributed by atoms with Gasteiger partial charge in [-0.2, -0.15) is 0 Å². The van der Waals surface area contributed by atoms with E-state index in [4.69, 9.17) is 27.9 Å². The number of amides is 2. The molecule has 0 bridgehead atoms. The second-order valence-electron chi connectivity index (χ2n) is 6.71. The lowest BCUT2D eigenvalue weighted by atomic mass is 10.1. The Balaban J connectivity index is 2.26. The number of halogens is 2. The van der Waals surface area contributed by atoms with E-state index in [1.165, 1.54) is 4.90 Å². The largest absolute Gasteiger partial charge is 0.497 e. The van der Waals surface area contributed by atoms with Crippen molar-refractivity contribution >= 4 is 35.0 Å². The molecule has 0 aliphatic carbocycles. The number of benzene rings is 2. The van der Waals surface area contributed by atoms with Gasteiger partial charge in [-0.25, -0.2) is 0 Å². The van der Waals surface area contributed by atoms with Crippen molar-refractivity contribution in [1.82, 2.24) is 10.2 Å². The summed E-state index contributed by atoms with van der Waals surface area (Å²) in [4.78, 5) is 27.2. The Hall–Kier alpha value is -2.24. The van der Waals surface area contributed by atoms with Gasteiger partial charge in [-0.05, 0) is 43.2 Å². The van der Waals surface area contributed by atoms with Gasteiger partial charge in [0.15, 0.2) is 0 Å². The predicted molar refractivity (Wildman–Crippen MR) is 116 cm³/mol. The molecule has 0 aromatic heterocycles. The van der Waals surface area contributed by atoms with E-state index in [0.29, 0.717) is 27.9 Å². The third-order valence-electron chi connectivity index (χ3n) is 4.62. The van der Waals surface area contributed by atoms with Crippen LogP contribution in [0.5, 0.6) is 5.75 Å². The maximum atomic E-state index is 13.1. The summed E-state index contributed by atoms with van der Waals surface area (Å²) in [5, 5.41) is 3.76. The van der Waals surface area contributed by atoms with Gasteiger partial charge in [-0.15, -0.1) is 0 Å². The van der Waals surface area contributed by atoms with Gasteiger partial charge in [-0.3, -0.25) is 9.59 Å². The van der Waals surface area contributed by atoms with Crippen LogP contribution in [-0.4, -0.2) is 36.4 Å². The molecule has 1 N–H and O–H groups in total. The summed E-state index contributed by atoms with van der Waals surface area (Å²) < 4.78 is 5.16. The normalized spacial score (nSPS) is 11.6. The molecule has 1 atom stereocenters. The highest BCUT2D eigenvalue weighted by Gasteiger charge is 2.27. The zero-order valence-electron chi connectivity index (χ0n) is 16.9. The second-order valence-corrected chi connectivity index (χ2v) is 7.53. The lowest BCUT2D eigenvalue weighted by Crippen LogP contribution is -2.48. The van der Waals surface area contributed by atoms with Gasteiger partial charge >= 0.3 is 0 Å². The molecule has 2 amide bonds. The van der Waals surface area contributed by atoms with Crippen molar-refractivity contribution in [2.45, 2.75) is 39.3 Å². The Morgan fingerprint density at radius 1 is 1.10 bits per heavy atom. The zero-order chi connectivity index (χ0) is 21.4. The third-order valence-corrected chi connectivity index (χ3v) is 5.33. The molecule has 2 aromatic carbocycles. The van der Waals surface area contributed by atoms with Crippen LogP contribution in [0.1, 0.15) is 31.4 Å². The van der Waals surface area contributed by atoms with E-state index in [1.807, 2.05) is 19.1 Å². The van der Waals surface area contributed by atoms with Gasteiger partial charge in [-0.1, -0.05) is 48.3 Å². The predicted octanol–water partition coefficient (Wildman–Crippen LogP) is 4.49. The Morgan fingerprint density at radius 2 is 1.72 bits per heavy atom. The van der Waals surface area contributed by atoms with Crippen LogP contribution in [0.4, 0.5) is 0 Å². The molecule has 5 nitrogen and oxygen atoms in total. The summed E-state index contributed by atoms with van der Waals surface area (Å²) in [6.07, 6.45) is 0.964. The van der Waals surface area contributed by atoms with Gasteiger partial charge in [0.05, 0.1) is 13.5 Å². The average molecular weight is 437 g/mol. The van der Waals surface area contributed by atoms with Crippen molar-refractivity contribution in [3.63, 3.8) is 0 Å². The molecule has 156 valence electrons. The number of rotatable bonds is 9. The number of methoxy groups -OCH3 is 1. The molecular weight excluding hydrogens is 411 g/mol. The summed E-state index contributed by atoms with van der Waals surface area (Å²) in [7, 11) is 1.59. The quantitative estimate of drug-likeness (QED) is 0.629. The molecule has 0 aliphatic heterocycles. The van der Waals surface area contributed by atoms with E-state index in [0.717, 1.165) is 12.0 Å². The highest BCUT2D eigenvalue weighted by atomic mass is 35.5.